The number of amides is 2. The molecule has 1 N–H and O–H groups in total. The molecule has 0 radical (unpaired) electrons. The van der Waals surface area contributed by atoms with Gasteiger partial charge in [0.1, 0.15) is 6.54 Å². The Hall–Kier alpha value is -2.97. The van der Waals surface area contributed by atoms with Crippen LogP contribution in [0.25, 0.3) is 0 Å². The molecule has 2 heterocycles. The van der Waals surface area contributed by atoms with Crippen LogP contribution in [0.1, 0.15) is 40.7 Å². The molecule has 2 aromatic rings. The van der Waals surface area contributed by atoms with E-state index >= 15 is 0 Å². The zero-order valence-corrected chi connectivity index (χ0v) is 14.5. The van der Waals surface area contributed by atoms with Crippen molar-refractivity contribution < 1.29 is 22.8 Å². The number of alkyl halides is 3. The summed E-state index contributed by atoms with van der Waals surface area (Å²) in [5.74, 6) is -1.10. The van der Waals surface area contributed by atoms with Gasteiger partial charge in [0.2, 0.25) is 11.9 Å². The second-order valence-electron chi connectivity index (χ2n) is 6.21. The molecule has 1 aromatic carbocycles. The lowest BCUT2D eigenvalue weighted by atomic mass is 9.86. The summed E-state index contributed by atoms with van der Waals surface area (Å²) in [6, 6.07) is 4.72. The van der Waals surface area contributed by atoms with E-state index in [2.05, 4.69) is 15.3 Å². The van der Waals surface area contributed by atoms with Crippen molar-refractivity contribution in [2.45, 2.75) is 25.4 Å². The number of carbonyl (C=O) groups is 2. The Morgan fingerprint density at radius 1 is 1.30 bits per heavy atom. The highest BCUT2D eigenvalue weighted by molar-refractivity contribution is 6.00. The Balaban J connectivity index is 1.80. The van der Waals surface area contributed by atoms with Gasteiger partial charge in [0, 0.05) is 30.4 Å². The fourth-order valence-electron chi connectivity index (χ4n) is 3.08. The van der Waals surface area contributed by atoms with Crippen LogP contribution in [0, 0.1) is 0 Å². The maximum Gasteiger partial charge on any atom is 0.416 e. The predicted molar refractivity (Wildman–Crippen MR) is 91.0 cm³/mol. The van der Waals surface area contributed by atoms with Gasteiger partial charge in [-0.25, -0.2) is 9.97 Å². The van der Waals surface area contributed by atoms with E-state index in [4.69, 9.17) is 0 Å². The average Bonchev–Trinajstić information content (AvgIpc) is 2.63. The lowest BCUT2D eigenvalue weighted by Gasteiger charge is -2.34. The summed E-state index contributed by atoms with van der Waals surface area (Å²) in [6.07, 6.45) is -0.989. The van der Waals surface area contributed by atoms with Crippen molar-refractivity contribution in [1.82, 2.24) is 14.9 Å². The molecule has 0 spiro atoms. The number of nitrogens with one attached hydrogen (secondary N) is 1. The van der Waals surface area contributed by atoms with Crippen molar-refractivity contribution in [2.24, 2.45) is 0 Å². The highest BCUT2D eigenvalue weighted by atomic mass is 19.4. The minimum atomic E-state index is -4.47. The summed E-state index contributed by atoms with van der Waals surface area (Å²) in [4.78, 5) is 33.9. The molecular weight excluding hydrogens is 361 g/mol. The molecule has 27 heavy (non-hydrogen) atoms. The molecule has 0 unspecified atom stereocenters. The Bertz CT molecular complexity index is 855. The number of nitrogens with zero attached hydrogens (tertiary/aromatic N) is 3. The molecular formula is C18H17F3N4O2. The minimum absolute atomic E-state index is 0.120. The highest BCUT2D eigenvalue weighted by Gasteiger charge is 2.36. The second-order valence-corrected chi connectivity index (χ2v) is 6.21. The van der Waals surface area contributed by atoms with Crippen molar-refractivity contribution in [3.63, 3.8) is 0 Å². The number of aromatic nitrogens is 2. The Morgan fingerprint density at radius 3 is 2.63 bits per heavy atom. The molecule has 3 rings (SSSR count). The first-order chi connectivity index (χ1) is 12.8. The standard InChI is InChI=1S/C18H17F3N4O2/c1-2-11-9-25(10-15(26)24-17-22-6-3-7-23-17)16(27)13-5-4-12(8-14(11)13)18(19,20)21/h3-8,11H,2,9-10H2,1H3,(H,22,23,24,26)/t11-/m1/s1. The van der Waals surface area contributed by atoms with Gasteiger partial charge in [-0.05, 0) is 36.2 Å². The lowest BCUT2D eigenvalue weighted by molar-refractivity contribution is -0.137. The number of fused-ring (bicyclic) bond motifs is 1. The topological polar surface area (TPSA) is 75.2 Å². The number of halogens is 3. The summed E-state index contributed by atoms with van der Waals surface area (Å²) in [6.45, 7) is 1.78. The molecule has 0 fully saturated rings. The van der Waals surface area contributed by atoms with Crippen LogP contribution in [-0.2, 0) is 11.0 Å². The van der Waals surface area contributed by atoms with Crippen LogP contribution < -0.4 is 5.32 Å². The van der Waals surface area contributed by atoms with E-state index in [1.807, 2.05) is 6.92 Å². The first kappa shape index (κ1) is 18.8. The largest absolute Gasteiger partial charge is 0.416 e. The number of carbonyl (C=O) groups excluding carboxylic acids is 2. The van der Waals surface area contributed by atoms with E-state index in [1.54, 1.807) is 6.07 Å². The van der Waals surface area contributed by atoms with Crippen LogP contribution in [0.5, 0.6) is 0 Å². The number of hydrogen-bond donors (Lipinski definition) is 1. The van der Waals surface area contributed by atoms with Crippen LogP contribution in [0.3, 0.4) is 0 Å². The second kappa shape index (κ2) is 7.34. The summed E-state index contributed by atoms with van der Waals surface area (Å²) >= 11 is 0. The highest BCUT2D eigenvalue weighted by Crippen LogP contribution is 2.36. The Kier molecular flexibility index (Phi) is 5.11. The molecule has 0 aliphatic carbocycles. The molecule has 1 atom stereocenters. The van der Waals surface area contributed by atoms with Crippen LogP contribution in [0.2, 0.25) is 0 Å². The van der Waals surface area contributed by atoms with Crippen molar-refractivity contribution in [3.05, 3.63) is 53.3 Å². The summed E-state index contributed by atoms with van der Waals surface area (Å²) in [5, 5.41) is 2.49. The molecule has 0 saturated carbocycles. The molecule has 0 bridgehead atoms. The van der Waals surface area contributed by atoms with Gasteiger partial charge in [-0.2, -0.15) is 13.2 Å². The van der Waals surface area contributed by atoms with Crippen molar-refractivity contribution in [1.29, 1.82) is 0 Å². The first-order valence-electron chi connectivity index (χ1n) is 8.37. The number of rotatable bonds is 4. The van der Waals surface area contributed by atoms with E-state index in [9.17, 15) is 22.8 Å². The Morgan fingerprint density at radius 2 is 2.00 bits per heavy atom. The van der Waals surface area contributed by atoms with E-state index < -0.39 is 23.6 Å². The fourth-order valence-corrected chi connectivity index (χ4v) is 3.08. The van der Waals surface area contributed by atoms with Crippen LogP contribution >= 0.6 is 0 Å². The number of hydrogen-bond acceptors (Lipinski definition) is 4. The van der Waals surface area contributed by atoms with Gasteiger partial charge >= 0.3 is 6.18 Å². The first-order valence-corrected chi connectivity index (χ1v) is 8.37. The zero-order chi connectivity index (χ0) is 19.6. The molecule has 1 aliphatic heterocycles. The maximum atomic E-state index is 13.0. The smallest absolute Gasteiger partial charge is 0.329 e. The molecule has 142 valence electrons. The zero-order valence-electron chi connectivity index (χ0n) is 14.5. The van der Waals surface area contributed by atoms with E-state index in [0.29, 0.717) is 12.0 Å². The van der Waals surface area contributed by atoms with E-state index in [-0.39, 0.29) is 30.5 Å². The summed E-state index contributed by atoms with van der Waals surface area (Å²) in [7, 11) is 0. The number of anilines is 1. The fraction of sp³-hybridized carbons (Fsp3) is 0.333. The molecule has 9 heteroatoms. The van der Waals surface area contributed by atoms with Gasteiger partial charge in [-0.3, -0.25) is 14.9 Å². The van der Waals surface area contributed by atoms with E-state index in [0.717, 1.165) is 12.1 Å². The van der Waals surface area contributed by atoms with Gasteiger partial charge in [0.25, 0.3) is 5.91 Å². The molecule has 1 aromatic heterocycles. The maximum absolute atomic E-state index is 13.0. The van der Waals surface area contributed by atoms with Crippen LogP contribution in [0.15, 0.2) is 36.7 Å². The van der Waals surface area contributed by atoms with E-state index in [1.165, 1.54) is 23.4 Å². The van der Waals surface area contributed by atoms with Gasteiger partial charge in [0.05, 0.1) is 5.56 Å². The Labute approximate surface area is 153 Å². The van der Waals surface area contributed by atoms with Crippen LogP contribution in [-0.4, -0.2) is 39.8 Å². The quantitative estimate of drug-likeness (QED) is 0.887. The third-order valence-corrected chi connectivity index (χ3v) is 4.42. The molecule has 6 nitrogen and oxygen atoms in total. The average molecular weight is 378 g/mol. The third kappa shape index (κ3) is 4.07. The van der Waals surface area contributed by atoms with Gasteiger partial charge < -0.3 is 4.90 Å². The summed E-state index contributed by atoms with van der Waals surface area (Å²) in [5.41, 5.74) is -0.204. The molecule has 0 saturated heterocycles. The lowest BCUT2D eigenvalue weighted by Crippen LogP contribution is -2.44. The SMILES string of the molecule is CC[C@@H]1CN(CC(=O)Nc2ncccn2)C(=O)c2ccc(C(F)(F)F)cc21. The predicted octanol–water partition coefficient (Wildman–Crippen LogP) is 3.08. The van der Waals surface area contributed by atoms with Crippen molar-refractivity contribution in [2.75, 3.05) is 18.4 Å². The van der Waals surface area contributed by atoms with Gasteiger partial charge in [-0.15, -0.1) is 0 Å². The van der Waals surface area contributed by atoms with Crippen molar-refractivity contribution >= 4 is 17.8 Å². The van der Waals surface area contributed by atoms with Crippen LogP contribution in [0.4, 0.5) is 19.1 Å². The minimum Gasteiger partial charge on any atom is -0.329 e. The third-order valence-electron chi connectivity index (χ3n) is 4.42. The number of benzene rings is 1. The van der Waals surface area contributed by atoms with Gasteiger partial charge in [-0.1, -0.05) is 6.92 Å². The molecule has 1 aliphatic rings. The monoisotopic (exact) mass is 378 g/mol. The summed E-state index contributed by atoms with van der Waals surface area (Å²) < 4.78 is 38.9. The normalized spacial score (nSPS) is 16.8. The van der Waals surface area contributed by atoms with Gasteiger partial charge in [0.15, 0.2) is 0 Å². The molecule has 2 amide bonds. The van der Waals surface area contributed by atoms with Crippen molar-refractivity contribution in [3.8, 4) is 0 Å².